The molecule has 2 saturated heterocycles. The topological polar surface area (TPSA) is 92.7 Å². The number of rotatable bonds is 7. The highest BCUT2D eigenvalue weighted by Crippen LogP contribution is 2.39. The Morgan fingerprint density at radius 1 is 1.22 bits per heavy atom. The molecule has 2 aliphatic heterocycles. The molecular weight excluding hydrogens is 412 g/mol. The van der Waals surface area contributed by atoms with Gasteiger partial charge in [0.25, 0.3) is 0 Å². The van der Waals surface area contributed by atoms with Gasteiger partial charge in [0.05, 0.1) is 32.5 Å². The molecule has 174 valence electrons. The van der Waals surface area contributed by atoms with Crippen LogP contribution < -0.4 is 10.1 Å². The summed E-state index contributed by atoms with van der Waals surface area (Å²) >= 11 is 0. The molecule has 0 radical (unpaired) electrons. The van der Waals surface area contributed by atoms with Crippen LogP contribution in [0.5, 0.6) is 5.75 Å². The zero-order valence-corrected chi connectivity index (χ0v) is 18.8. The molecule has 9 nitrogen and oxygen atoms in total. The highest BCUT2D eigenvalue weighted by molar-refractivity contribution is 5.96. The van der Waals surface area contributed by atoms with Crippen LogP contribution in [0, 0.1) is 5.92 Å². The molecule has 3 fully saturated rings. The van der Waals surface area contributed by atoms with Gasteiger partial charge in [-0.3, -0.25) is 14.7 Å². The van der Waals surface area contributed by atoms with Gasteiger partial charge in [-0.05, 0) is 55.0 Å². The minimum Gasteiger partial charge on any atom is -0.494 e. The van der Waals surface area contributed by atoms with Crippen LogP contribution in [0.2, 0.25) is 0 Å². The molecule has 2 heterocycles. The molecule has 1 aromatic rings. The van der Waals surface area contributed by atoms with Gasteiger partial charge in [0, 0.05) is 26.9 Å². The van der Waals surface area contributed by atoms with Crippen LogP contribution in [-0.2, 0) is 14.3 Å². The third-order valence-corrected chi connectivity index (χ3v) is 6.53. The van der Waals surface area contributed by atoms with Crippen LogP contribution in [0.15, 0.2) is 29.4 Å². The van der Waals surface area contributed by atoms with Gasteiger partial charge >= 0.3 is 6.03 Å². The van der Waals surface area contributed by atoms with E-state index in [2.05, 4.69) is 10.4 Å². The minimum atomic E-state index is -0.452. The van der Waals surface area contributed by atoms with Crippen molar-refractivity contribution in [1.82, 2.24) is 15.2 Å². The summed E-state index contributed by atoms with van der Waals surface area (Å²) in [4.78, 5) is 24.7. The smallest absolute Gasteiger partial charge is 0.325 e. The van der Waals surface area contributed by atoms with Gasteiger partial charge in [-0.1, -0.05) is 0 Å². The fourth-order valence-electron chi connectivity index (χ4n) is 4.36. The molecule has 1 saturated carbocycles. The number of nitrogens with one attached hydrogen (secondary N) is 1. The second-order valence-corrected chi connectivity index (χ2v) is 8.70. The Hall–Kier alpha value is -2.65. The number of carbonyl (C=O) groups is 2. The lowest BCUT2D eigenvalue weighted by atomic mass is 9.83. The van der Waals surface area contributed by atoms with E-state index >= 15 is 0 Å². The van der Waals surface area contributed by atoms with Crippen molar-refractivity contribution in [2.45, 2.75) is 50.5 Å². The number of carbonyl (C=O) groups excluding carboxylic acids is 2. The van der Waals surface area contributed by atoms with Crippen LogP contribution in [-0.4, -0.2) is 73.9 Å². The number of urea groups is 1. The lowest BCUT2D eigenvalue weighted by Crippen LogP contribution is -2.57. The Morgan fingerprint density at radius 2 is 1.91 bits per heavy atom. The van der Waals surface area contributed by atoms with Gasteiger partial charge in [0.15, 0.2) is 5.79 Å². The fourth-order valence-corrected chi connectivity index (χ4v) is 4.36. The molecule has 4 rings (SSSR count). The van der Waals surface area contributed by atoms with E-state index < -0.39 is 12.2 Å². The lowest BCUT2D eigenvalue weighted by Gasteiger charge is -2.35. The van der Waals surface area contributed by atoms with E-state index in [0.717, 1.165) is 61.5 Å². The van der Waals surface area contributed by atoms with Crippen molar-refractivity contribution in [2.24, 2.45) is 11.0 Å². The number of benzene rings is 1. The summed E-state index contributed by atoms with van der Waals surface area (Å²) in [5.74, 6) is 0.966. The van der Waals surface area contributed by atoms with Gasteiger partial charge in [-0.15, -0.1) is 0 Å². The van der Waals surface area contributed by atoms with Gasteiger partial charge in [-0.25, -0.2) is 4.79 Å². The third-order valence-electron chi connectivity index (χ3n) is 6.53. The molecular formula is C23H32N4O5. The Morgan fingerprint density at radius 3 is 2.56 bits per heavy atom. The summed E-state index contributed by atoms with van der Waals surface area (Å²) in [6.45, 7) is 2.14. The summed E-state index contributed by atoms with van der Waals surface area (Å²) in [6, 6.07) is 7.31. The number of hydrazone groups is 1. The standard InChI is InChI=1S/C23H32N4O5/c1-26-21(28)15-20(25-22(26)29)27(2)24-16-18-3-5-19(6-4-18)30-12-9-17-7-10-23(11-8-17)31-13-14-32-23/h3-6,16-17,20H,7-15H2,1-2H3,(H,25,29). The first-order valence-electron chi connectivity index (χ1n) is 11.3. The molecule has 1 aliphatic carbocycles. The summed E-state index contributed by atoms with van der Waals surface area (Å²) in [7, 11) is 3.20. The number of amides is 3. The Balaban J connectivity index is 1.19. The molecule has 1 N–H and O–H groups in total. The van der Waals surface area contributed by atoms with E-state index in [1.807, 2.05) is 24.3 Å². The van der Waals surface area contributed by atoms with Gasteiger partial charge in [0.2, 0.25) is 5.91 Å². The summed E-state index contributed by atoms with van der Waals surface area (Å²) < 4.78 is 17.5. The summed E-state index contributed by atoms with van der Waals surface area (Å²) in [6.07, 6.45) is 6.67. The second kappa shape index (κ2) is 9.87. The molecule has 0 bridgehead atoms. The van der Waals surface area contributed by atoms with Crippen molar-refractivity contribution in [3.05, 3.63) is 29.8 Å². The molecule has 0 aromatic heterocycles. The molecule has 1 spiro atoms. The van der Waals surface area contributed by atoms with E-state index in [9.17, 15) is 9.59 Å². The monoisotopic (exact) mass is 444 g/mol. The van der Waals surface area contributed by atoms with E-state index in [1.165, 1.54) is 7.05 Å². The van der Waals surface area contributed by atoms with E-state index in [1.54, 1.807) is 18.3 Å². The molecule has 1 atom stereocenters. The average molecular weight is 445 g/mol. The van der Waals surface area contributed by atoms with Crippen molar-refractivity contribution < 1.29 is 23.8 Å². The number of imide groups is 1. The zero-order valence-electron chi connectivity index (χ0n) is 18.8. The van der Waals surface area contributed by atoms with Crippen molar-refractivity contribution in [3.63, 3.8) is 0 Å². The predicted molar refractivity (Wildman–Crippen MR) is 118 cm³/mol. The van der Waals surface area contributed by atoms with Crippen molar-refractivity contribution in [2.75, 3.05) is 33.9 Å². The van der Waals surface area contributed by atoms with E-state index in [4.69, 9.17) is 14.2 Å². The average Bonchev–Trinajstić information content (AvgIpc) is 3.26. The largest absolute Gasteiger partial charge is 0.494 e. The van der Waals surface area contributed by atoms with Crippen LogP contribution in [0.4, 0.5) is 4.79 Å². The summed E-state index contributed by atoms with van der Waals surface area (Å²) in [5.41, 5.74) is 0.906. The molecule has 3 aliphatic rings. The highest BCUT2D eigenvalue weighted by Gasteiger charge is 2.40. The first kappa shape index (κ1) is 22.5. The first-order valence-corrected chi connectivity index (χ1v) is 11.3. The zero-order chi connectivity index (χ0) is 22.6. The Kier molecular flexibility index (Phi) is 6.95. The lowest BCUT2D eigenvalue weighted by molar-refractivity contribution is -0.182. The maximum Gasteiger partial charge on any atom is 0.325 e. The summed E-state index contributed by atoms with van der Waals surface area (Å²) in [5, 5.41) is 8.69. The molecule has 32 heavy (non-hydrogen) atoms. The van der Waals surface area contributed by atoms with Crippen LogP contribution in [0.1, 0.15) is 44.1 Å². The number of ether oxygens (including phenoxy) is 3. The van der Waals surface area contributed by atoms with Gasteiger partial charge in [-0.2, -0.15) is 5.10 Å². The molecule has 1 unspecified atom stereocenters. The minimum absolute atomic E-state index is 0.185. The maximum absolute atomic E-state index is 11.8. The number of nitrogens with zero attached hydrogens (tertiary/aromatic N) is 3. The normalized spacial score (nSPS) is 23.7. The van der Waals surface area contributed by atoms with Gasteiger partial charge in [0.1, 0.15) is 11.9 Å². The van der Waals surface area contributed by atoms with Crippen molar-refractivity contribution >= 4 is 18.2 Å². The second-order valence-electron chi connectivity index (χ2n) is 8.70. The number of hydrogen-bond donors (Lipinski definition) is 1. The molecule has 9 heteroatoms. The quantitative estimate of drug-likeness (QED) is 0.513. The predicted octanol–water partition coefficient (Wildman–Crippen LogP) is 2.55. The first-order chi connectivity index (χ1) is 15.4. The Labute approximate surface area is 188 Å². The molecule has 1 aromatic carbocycles. The van der Waals surface area contributed by atoms with Crippen molar-refractivity contribution in [3.8, 4) is 5.75 Å². The van der Waals surface area contributed by atoms with Crippen molar-refractivity contribution in [1.29, 1.82) is 0 Å². The Bertz CT molecular complexity index is 809. The van der Waals surface area contributed by atoms with Crippen LogP contribution >= 0.6 is 0 Å². The van der Waals surface area contributed by atoms with Crippen LogP contribution in [0.25, 0.3) is 0 Å². The van der Waals surface area contributed by atoms with E-state index in [-0.39, 0.29) is 18.1 Å². The highest BCUT2D eigenvalue weighted by atomic mass is 16.7. The van der Waals surface area contributed by atoms with Gasteiger partial charge < -0.3 is 19.5 Å². The van der Waals surface area contributed by atoms with E-state index in [0.29, 0.717) is 12.5 Å². The SMILES string of the molecule is CN1C(=O)CC(N(C)N=Cc2ccc(OCCC3CCC4(CC3)OCCO4)cc2)NC1=O. The number of hydrogen-bond acceptors (Lipinski definition) is 7. The third kappa shape index (κ3) is 5.39. The fraction of sp³-hybridized carbons (Fsp3) is 0.609. The maximum atomic E-state index is 11.8. The van der Waals surface area contributed by atoms with Crippen LogP contribution in [0.3, 0.4) is 0 Å². The molecule has 3 amide bonds.